The van der Waals surface area contributed by atoms with Crippen LogP contribution in [0.1, 0.15) is 42.5 Å². The molecule has 2 aromatic carbocycles. The van der Waals surface area contributed by atoms with Crippen LogP contribution in [0, 0.1) is 24.2 Å². The smallest absolute Gasteiger partial charge is 0.276 e. The van der Waals surface area contributed by atoms with Crippen molar-refractivity contribution in [1.82, 2.24) is 5.32 Å². The molecule has 26 heavy (non-hydrogen) atoms. The van der Waals surface area contributed by atoms with Crippen molar-refractivity contribution in [2.24, 2.45) is 5.92 Å². The third kappa shape index (κ3) is 4.30. The molecule has 1 amide bonds. The highest BCUT2D eigenvalue weighted by Gasteiger charge is 2.43. The van der Waals surface area contributed by atoms with E-state index in [9.17, 15) is 10.1 Å². The lowest BCUT2D eigenvalue weighted by Gasteiger charge is -2.23. The van der Waals surface area contributed by atoms with Crippen molar-refractivity contribution in [3.05, 3.63) is 71.3 Å². The lowest BCUT2D eigenvalue weighted by Crippen LogP contribution is -2.88. The minimum absolute atomic E-state index is 0.0526. The first-order valence-electron chi connectivity index (χ1n) is 9.19. The molecular weight excluding hydrogens is 322 g/mol. The lowest BCUT2D eigenvalue weighted by atomic mass is 9.97. The molecular formula is C22H26N3O+. The second kappa shape index (κ2) is 7.72. The number of nitrogens with one attached hydrogen (secondary N) is 1. The molecule has 0 spiro atoms. The molecule has 0 heterocycles. The summed E-state index contributed by atoms with van der Waals surface area (Å²) in [7, 11) is 0. The van der Waals surface area contributed by atoms with E-state index in [0.29, 0.717) is 5.92 Å². The molecule has 0 unspecified atom stereocenters. The predicted molar refractivity (Wildman–Crippen MR) is 101 cm³/mol. The maximum absolute atomic E-state index is 12.5. The summed E-state index contributed by atoms with van der Waals surface area (Å²) >= 11 is 0. The highest BCUT2D eigenvalue weighted by molar-refractivity contribution is 5.78. The Labute approximate surface area is 155 Å². The van der Waals surface area contributed by atoms with Crippen molar-refractivity contribution < 1.29 is 10.1 Å². The van der Waals surface area contributed by atoms with Crippen LogP contribution in [0.3, 0.4) is 0 Å². The molecule has 2 atom stereocenters. The Kier molecular flexibility index (Phi) is 5.39. The minimum Gasteiger partial charge on any atom is -0.333 e. The van der Waals surface area contributed by atoms with Gasteiger partial charge in [0.05, 0.1) is 6.07 Å². The highest BCUT2D eigenvalue weighted by Crippen LogP contribution is 2.39. The van der Waals surface area contributed by atoms with Crippen molar-refractivity contribution in [2.45, 2.75) is 38.3 Å². The van der Waals surface area contributed by atoms with Crippen LogP contribution in [-0.4, -0.2) is 18.0 Å². The number of nitrogens with zero attached hydrogens (tertiary/aromatic N) is 1. The van der Waals surface area contributed by atoms with Gasteiger partial charge in [0, 0.05) is 11.1 Å². The van der Waals surface area contributed by atoms with Gasteiger partial charge in [-0.2, -0.15) is 5.26 Å². The highest BCUT2D eigenvalue weighted by atomic mass is 16.2. The maximum Gasteiger partial charge on any atom is 0.276 e. The number of benzene rings is 2. The second-order valence-electron chi connectivity index (χ2n) is 7.38. The molecule has 1 fully saturated rings. The van der Waals surface area contributed by atoms with Crippen LogP contribution in [0.4, 0.5) is 0 Å². The monoisotopic (exact) mass is 348 g/mol. The molecule has 4 heteroatoms. The number of nitrogens with two attached hydrogens (primary N) is 1. The summed E-state index contributed by atoms with van der Waals surface area (Å²) in [4.78, 5) is 12.5. The fourth-order valence-electron chi connectivity index (χ4n) is 3.35. The first-order valence-corrected chi connectivity index (χ1v) is 9.19. The summed E-state index contributed by atoms with van der Waals surface area (Å²) in [5.41, 5.74) is 2.80. The summed E-state index contributed by atoms with van der Waals surface area (Å²) in [5.74, 6) is 0.201. The Morgan fingerprint density at radius 1 is 1.19 bits per heavy atom. The Balaban J connectivity index is 1.71. The number of amides is 1. The van der Waals surface area contributed by atoms with E-state index >= 15 is 0 Å². The molecule has 134 valence electrons. The number of quaternary nitrogens is 1. The van der Waals surface area contributed by atoms with Crippen LogP contribution in [0.15, 0.2) is 54.6 Å². The van der Waals surface area contributed by atoms with Gasteiger partial charge in [0.2, 0.25) is 0 Å². The summed E-state index contributed by atoms with van der Waals surface area (Å²) < 4.78 is 0. The van der Waals surface area contributed by atoms with Crippen molar-refractivity contribution in [1.29, 1.82) is 5.26 Å². The average Bonchev–Trinajstić information content (AvgIpc) is 3.50. The van der Waals surface area contributed by atoms with Crippen LogP contribution >= 0.6 is 0 Å². The average molecular weight is 348 g/mol. The number of rotatable bonds is 7. The van der Waals surface area contributed by atoms with Crippen LogP contribution in [0.25, 0.3) is 0 Å². The second-order valence-corrected chi connectivity index (χ2v) is 7.38. The normalized spacial score (nSPS) is 17.0. The Morgan fingerprint density at radius 2 is 1.81 bits per heavy atom. The molecule has 1 aliphatic rings. The van der Waals surface area contributed by atoms with Crippen molar-refractivity contribution in [3.63, 3.8) is 0 Å². The Bertz CT molecular complexity index is 790. The van der Waals surface area contributed by atoms with E-state index in [-0.39, 0.29) is 18.5 Å². The third-order valence-electron chi connectivity index (χ3n) is 5.16. The van der Waals surface area contributed by atoms with Gasteiger partial charge in [0.25, 0.3) is 5.91 Å². The van der Waals surface area contributed by atoms with Crippen LogP contribution in [-0.2, 0) is 4.79 Å². The standard InChI is InChI=1S/C22H25N3O/c1-16-8-10-18(11-9-16)21(17-6-4-3-5-7-17)24-14-20(26)25-22(2,15-23)19-12-13-19/h3-11,19,21,24H,12-14H2,1-2H3,(H,25,26)/p+1/t21-,22-/m0/s1. The van der Waals surface area contributed by atoms with Crippen molar-refractivity contribution in [3.8, 4) is 6.07 Å². The third-order valence-corrected chi connectivity index (χ3v) is 5.16. The molecule has 0 bridgehead atoms. The molecule has 0 saturated heterocycles. The zero-order chi connectivity index (χ0) is 18.6. The van der Waals surface area contributed by atoms with Gasteiger partial charge in [-0.15, -0.1) is 0 Å². The molecule has 3 rings (SSSR count). The molecule has 1 saturated carbocycles. The molecule has 0 radical (unpaired) electrons. The molecule has 1 aliphatic carbocycles. The van der Waals surface area contributed by atoms with E-state index < -0.39 is 5.54 Å². The largest absolute Gasteiger partial charge is 0.333 e. The van der Waals surface area contributed by atoms with E-state index in [1.807, 2.05) is 30.4 Å². The molecule has 3 N–H and O–H groups in total. The number of aryl methyl sites for hydroxylation is 1. The van der Waals surface area contributed by atoms with Gasteiger partial charge in [-0.1, -0.05) is 60.2 Å². The topological polar surface area (TPSA) is 69.5 Å². The first kappa shape index (κ1) is 18.2. The quantitative estimate of drug-likeness (QED) is 0.807. The SMILES string of the molecule is Cc1ccc([C@@H]([NH2+]CC(=O)N[C@@](C)(C#N)C2CC2)c2ccccc2)cc1. The number of nitriles is 1. The van der Waals surface area contributed by atoms with Crippen LogP contribution < -0.4 is 10.6 Å². The van der Waals surface area contributed by atoms with E-state index in [1.165, 1.54) is 11.1 Å². The van der Waals surface area contributed by atoms with Gasteiger partial charge >= 0.3 is 0 Å². The maximum atomic E-state index is 12.5. The van der Waals surface area contributed by atoms with Crippen molar-refractivity contribution >= 4 is 5.91 Å². The fourth-order valence-corrected chi connectivity index (χ4v) is 3.35. The van der Waals surface area contributed by atoms with E-state index in [4.69, 9.17) is 0 Å². The predicted octanol–water partition coefficient (Wildman–Crippen LogP) is 2.46. The van der Waals surface area contributed by atoms with E-state index in [0.717, 1.165) is 18.4 Å². The van der Waals surface area contributed by atoms with Crippen molar-refractivity contribution in [2.75, 3.05) is 6.54 Å². The van der Waals surface area contributed by atoms with Gasteiger partial charge in [0.15, 0.2) is 6.54 Å². The number of hydrogen-bond donors (Lipinski definition) is 2. The van der Waals surface area contributed by atoms with Gasteiger partial charge in [-0.25, -0.2) is 0 Å². The van der Waals surface area contributed by atoms with Gasteiger partial charge in [-0.05, 0) is 32.6 Å². The van der Waals surface area contributed by atoms with E-state index in [2.05, 4.69) is 54.7 Å². The van der Waals surface area contributed by atoms with Gasteiger partial charge in [-0.3, -0.25) is 4.79 Å². The fraction of sp³-hybridized carbons (Fsp3) is 0.364. The Hall–Kier alpha value is -2.64. The zero-order valence-corrected chi connectivity index (χ0v) is 15.4. The molecule has 0 aliphatic heterocycles. The molecule has 2 aromatic rings. The number of hydrogen-bond acceptors (Lipinski definition) is 2. The first-order chi connectivity index (χ1) is 12.5. The molecule has 0 aromatic heterocycles. The number of carbonyl (C=O) groups excluding carboxylic acids is 1. The number of carbonyl (C=O) groups is 1. The summed E-state index contributed by atoms with van der Waals surface area (Å²) in [6.45, 7) is 4.19. The Morgan fingerprint density at radius 3 is 2.38 bits per heavy atom. The zero-order valence-electron chi connectivity index (χ0n) is 15.4. The lowest BCUT2D eigenvalue weighted by molar-refractivity contribution is -0.676. The summed E-state index contributed by atoms with van der Waals surface area (Å²) in [6.07, 6.45) is 2.04. The van der Waals surface area contributed by atoms with Crippen LogP contribution in [0.2, 0.25) is 0 Å². The van der Waals surface area contributed by atoms with Gasteiger partial charge in [0.1, 0.15) is 11.6 Å². The summed E-state index contributed by atoms with van der Waals surface area (Å²) in [5, 5.41) is 14.4. The van der Waals surface area contributed by atoms with E-state index in [1.54, 1.807) is 0 Å². The van der Waals surface area contributed by atoms with Gasteiger partial charge < -0.3 is 10.6 Å². The molecule has 4 nitrogen and oxygen atoms in total. The van der Waals surface area contributed by atoms with Crippen LogP contribution in [0.5, 0.6) is 0 Å². The minimum atomic E-state index is -0.739. The summed E-state index contributed by atoms with van der Waals surface area (Å²) in [6, 6.07) is 21.0.